The molecule has 0 unspecified atom stereocenters. The second kappa shape index (κ2) is 13.5. The first-order valence-corrected chi connectivity index (χ1v) is 16.4. The quantitative estimate of drug-likeness (QED) is 0.122. The lowest BCUT2D eigenvalue weighted by Gasteiger charge is -2.24. The number of allylic oxidation sites excluding steroid dienone is 1. The van der Waals surface area contributed by atoms with E-state index in [-0.39, 0.29) is 24.6 Å². The summed E-state index contributed by atoms with van der Waals surface area (Å²) in [6, 6.07) is 17.2. The molecule has 0 fully saturated rings. The third kappa shape index (κ3) is 6.43. The van der Waals surface area contributed by atoms with Crippen molar-refractivity contribution in [2.24, 2.45) is 4.99 Å². The van der Waals surface area contributed by atoms with Crippen molar-refractivity contribution in [1.29, 1.82) is 0 Å². The molecule has 11 heteroatoms. The van der Waals surface area contributed by atoms with Gasteiger partial charge in [0, 0.05) is 10.5 Å². The molecule has 7 nitrogen and oxygen atoms in total. The van der Waals surface area contributed by atoms with Gasteiger partial charge in [-0.2, -0.15) is 0 Å². The number of rotatable bonds is 9. The molecule has 222 valence electrons. The molecule has 1 aliphatic heterocycles. The largest absolute Gasteiger partial charge is 0.493 e. The molecule has 2 heterocycles. The number of nitrogens with zero attached hydrogens (tertiary/aromatic N) is 2. The summed E-state index contributed by atoms with van der Waals surface area (Å²) in [5, 5.41) is 0. The van der Waals surface area contributed by atoms with E-state index in [4.69, 9.17) is 14.2 Å². The van der Waals surface area contributed by atoms with E-state index in [0.717, 1.165) is 14.0 Å². The Kier molecular flexibility index (Phi) is 9.72. The van der Waals surface area contributed by atoms with E-state index >= 15 is 0 Å². The van der Waals surface area contributed by atoms with Gasteiger partial charge in [0.25, 0.3) is 5.56 Å². The van der Waals surface area contributed by atoms with Crippen LogP contribution in [0.15, 0.2) is 86.6 Å². The lowest BCUT2D eigenvalue weighted by Crippen LogP contribution is -2.39. The Hall–Kier alpha value is -3.42. The molecule has 43 heavy (non-hydrogen) atoms. The summed E-state index contributed by atoms with van der Waals surface area (Å²) in [6.45, 7) is 3.76. The number of carbonyl (C=O) groups excluding carboxylic acids is 1. The Morgan fingerprint density at radius 1 is 1.19 bits per heavy atom. The van der Waals surface area contributed by atoms with Crippen molar-refractivity contribution in [3.8, 4) is 11.5 Å². The van der Waals surface area contributed by atoms with Gasteiger partial charge in [0.05, 0.1) is 39.1 Å². The fraction of sp³-hybridized carbons (Fsp3) is 0.219. The fourth-order valence-corrected chi connectivity index (χ4v) is 7.01. The van der Waals surface area contributed by atoms with E-state index in [0.29, 0.717) is 43.2 Å². The number of thiazole rings is 1. The van der Waals surface area contributed by atoms with Gasteiger partial charge in [-0.15, -0.1) is 11.8 Å². The summed E-state index contributed by atoms with van der Waals surface area (Å²) in [5.41, 5.74) is 2.51. The molecule has 3 aromatic carbocycles. The van der Waals surface area contributed by atoms with E-state index in [1.54, 1.807) is 60.5 Å². The van der Waals surface area contributed by atoms with Gasteiger partial charge >= 0.3 is 5.97 Å². The Balaban J connectivity index is 1.58. The second-order valence-corrected chi connectivity index (χ2v) is 12.5. The summed E-state index contributed by atoms with van der Waals surface area (Å²) in [4.78, 5) is 33.3. The smallest absolute Gasteiger partial charge is 0.338 e. The minimum absolute atomic E-state index is 0.0387. The van der Waals surface area contributed by atoms with Crippen molar-refractivity contribution in [2.45, 2.75) is 31.4 Å². The molecule has 1 atom stereocenters. The molecule has 0 N–H and O–H groups in total. The van der Waals surface area contributed by atoms with Crippen molar-refractivity contribution in [2.75, 3.05) is 20.0 Å². The first-order chi connectivity index (χ1) is 20.7. The van der Waals surface area contributed by atoms with Crippen molar-refractivity contribution in [3.05, 3.63) is 118 Å². The molecule has 0 saturated heterocycles. The van der Waals surface area contributed by atoms with Gasteiger partial charge in [-0.3, -0.25) is 9.36 Å². The van der Waals surface area contributed by atoms with Gasteiger partial charge in [-0.1, -0.05) is 41.7 Å². The molecule has 0 bridgehead atoms. The van der Waals surface area contributed by atoms with Crippen molar-refractivity contribution < 1.29 is 23.4 Å². The monoisotopic (exact) mass is 730 g/mol. The predicted molar refractivity (Wildman–Crippen MR) is 175 cm³/mol. The number of hydrogen-bond donors (Lipinski definition) is 0. The zero-order valence-electron chi connectivity index (χ0n) is 23.9. The summed E-state index contributed by atoms with van der Waals surface area (Å²) < 4.78 is 33.8. The number of carbonyl (C=O) groups is 1. The van der Waals surface area contributed by atoms with Gasteiger partial charge < -0.3 is 14.2 Å². The number of esters is 1. The second-order valence-electron chi connectivity index (χ2n) is 9.49. The highest BCUT2D eigenvalue weighted by Gasteiger charge is 2.33. The topological polar surface area (TPSA) is 79.1 Å². The number of benzene rings is 3. The highest BCUT2D eigenvalue weighted by Crippen LogP contribution is 2.35. The predicted octanol–water partition coefficient (Wildman–Crippen LogP) is 5.85. The Bertz CT molecular complexity index is 1900. The molecular formula is C32H28FIN2O5S2. The molecule has 0 spiro atoms. The summed E-state index contributed by atoms with van der Waals surface area (Å²) in [7, 11) is 1.53. The maximum absolute atomic E-state index is 14.1. The van der Waals surface area contributed by atoms with Crippen LogP contribution >= 0.6 is 45.7 Å². The highest BCUT2D eigenvalue weighted by molar-refractivity contribution is 14.1. The first-order valence-electron chi connectivity index (χ1n) is 13.3. The van der Waals surface area contributed by atoms with Crippen LogP contribution in [0.3, 0.4) is 0 Å². The van der Waals surface area contributed by atoms with Crippen molar-refractivity contribution in [1.82, 2.24) is 4.57 Å². The number of ether oxygens (including phenoxy) is 3. The van der Waals surface area contributed by atoms with Crippen LogP contribution in [0.25, 0.3) is 6.08 Å². The zero-order valence-corrected chi connectivity index (χ0v) is 27.6. The van der Waals surface area contributed by atoms with Crippen LogP contribution < -0.4 is 24.4 Å². The number of halogens is 2. The van der Waals surface area contributed by atoms with E-state index < -0.39 is 12.0 Å². The minimum atomic E-state index is -0.683. The normalized spacial score (nSPS) is 14.7. The minimum Gasteiger partial charge on any atom is -0.493 e. The van der Waals surface area contributed by atoms with E-state index in [2.05, 4.69) is 27.6 Å². The molecule has 1 aliphatic rings. The average Bonchev–Trinajstić information content (AvgIpc) is 3.30. The van der Waals surface area contributed by atoms with Crippen LogP contribution in [0, 0.1) is 9.39 Å². The lowest BCUT2D eigenvalue weighted by molar-refractivity contribution is -0.139. The first kappa shape index (κ1) is 31.0. The van der Waals surface area contributed by atoms with Crippen LogP contribution in [0.2, 0.25) is 0 Å². The number of fused-ring (bicyclic) bond motifs is 1. The maximum atomic E-state index is 14.1. The fourth-order valence-electron chi connectivity index (χ4n) is 4.77. The summed E-state index contributed by atoms with van der Waals surface area (Å²) in [5.74, 6) is 0.0911. The Morgan fingerprint density at radius 2 is 1.93 bits per heavy atom. The van der Waals surface area contributed by atoms with Gasteiger partial charge in [-0.25, -0.2) is 14.2 Å². The average molecular weight is 731 g/mol. The summed E-state index contributed by atoms with van der Waals surface area (Å²) >= 11 is 4.99. The van der Waals surface area contributed by atoms with Gasteiger partial charge in [0.15, 0.2) is 16.3 Å². The number of aromatic nitrogens is 1. The molecular weight excluding hydrogens is 702 g/mol. The molecule has 4 aromatic rings. The third-order valence-corrected chi connectivity index (χ3v) is 9.36. The number of hydrogen-bond acceptors (Lipinski definition) is 8. The lowest BCUT2D eigenvalue weighted by atomic mass is 9.96. The van der Waals surface area contributed by atoms with E-state index in [1.807, 2.05) is 36.6 Å². The van der Waals surface area contributed by atoms with Crippen LogP contribution in [0.5, 0.6) is 11.5 Å². The maximum Gasteiger partial charge on any atom is 0.338 e. The van der Waals surface area contributed by atoms with Crippen LogP contribution in [0.1, 0.15) is 36.6 Å². The van der Waals surface area contributed by atoms with Gasteiger partial charge in [0.1, 0.15) is 12.4 Å². The molecule has 1 aromatic heterocycles. The van der Waals surface area contributed by atoms with Gasteiger partial charge in [0.2, 0.25) is 0 Å². The SMILES string of the molecule is CCOC(=O)C1=C(C)N=c2s/c(=C\c3cc(I)c(OCc4ccccc4F)c(OC)c3)c(=O)n2[C@@H]1c1ccc(SC)cc1. The summed E-state index contributed by atoms with van der Waals surface area (Å²) in [6.07, 6.45) is 3.76. The zero-order chi connectivity index (χ0) is 30.7. The van der Waals surface area contributed by atoms with E-state index in [9.17, 15) is 14.0 Å². The third-order valence-electron chi connectivity index (χ3n) is 6.83. The molecule has 0 saturated carbocycles. The van der Waals surface area contributed by atoms with Gasteiger partial charge in [-0.05, 0) is 90.2 Å². The highest BCUT2D eigenvalue weighted by atomic mass is 127. The van der Waals surface area contributed by atoms with Crippen molar-refractivity contribution >= 4 is 57.7 Å². The standard InChI is InChI=1S/C32H28FIN2O5S2/c1-5-40-31(38)27-18(2)35-32-36(28(27)20-10-12-22(42-4)13-11-20)30(37)26(43-32)16-19-14-24(34)29(25(15-19)39-3)41-17-21-8-6-7-9-23(21)33/h6-16,28H,5,17H2,1-4H3/b26-16-/t28-/m1/s1. The molecule has 0 radical (unpaired) electrons. The van der Waals surface area contributed by atoms with Crippen LogP contribution in [0.4, 0.5) is 4.39 Å². The Morgan fingerprint density at radius 3 is 2.60 bits per heavy atom. The van der Waals surface area contributed by atoms with Crippen LogP contribution in [-0.2, 0) is 16.1 Å². The number of methoxy groups -OCH3 is 1. The number of thioether (sulfide) groups is 1. The van der Waals surface area contributed by atoms with Crippen molar-refractivity contribution in [3.63, 3.8) is 0 Å². The van der Waals surface area contributed by atoms with Crippen LogP contribution in [-0.4, -0.2) is 30.5 Å². The molecule has 0 aliphatic carbocycles. The molecule has 5 rings (SSSR count). The van der Waals surface area contributed by atoms with E-state index in [1.165, 1.54) is 24.5 Å². The Labute approximate surface area is 269 Å². The molecule has 0 amide bonds.